The first-order chi connectivity index (χ1) is 9.88. The topological polar surface area (TPSA) is 93.3 Å². The molecule has 0 fully saturated rings. The Morgan fingerprint density at radius 3 is 2.67 bits per heavy atom. The zero-order valence-electron chi connectivity index (χ0n) is 10.1. The summed E-state index contributed by atoms with van der Waals surface area (Å²) in [6.07, 6.45) is 1.34. The molecular formula is C12H6ClFN2O4S. The fourth-order valence-corrected chi connectivity index (χ4v) is 2.46. The van der Waals surface area contributed by atoms with Gasteiger partial charge in [-0.3, -0.25) is 10.1 Å². The summed E-state index contributed by atoms with van der Waals surface area (Å²) in [7, 11) is 0. The Labute approximate surface area is 126 Å². The Morgan fingerprint density at radius 1 is 1.43 bits per heavy atom. The monoisotopic (exact) mass is 328 g/mol. The van der Waals surface area contributed by atoms with Crippen molar-refractivity contribution in [1.82, 2.24) is 4.98 Å². The first kappa shape index (κ1) is 15.2. The molecule has 0 spiro atoms. The van der Waals surface area contributed by atoms with Gasteiger partial charge in [0.2, 0.25) is 0 Å². The molecule has 9 heteroatoms. The maximum atomic E-state index is 13.5. The molecule has 1 N–H and O–H groups in total. The van der Waals surface area contributed by atoms with Crippen LogP contribution in [0, 0.1) is 15.9 Å². The smallest absolute Gasteiger partial charge is 0.338 e. The zero-order valence-corrected chi connectivity index (χ0v) is 11.7. The summed E-state index contributed by atoms with van der Waals surface area (Å²) in [5.74, 6) is -2.67. The van der Waals surface area contributed by atoms with Crippen molar-refractivity contribution >= 4 is 35.0 Å². The number of pyridine rings is 1. The van der Waals surface area contributed by atoms with Crippen LogP contribution < -0.4 is 0 Å². The van der Waals surface area contributed by atoms with E-state index in [1.165, 1.54) is 18.3 Å². The van der Waals surface area contributed by atoms with E-state index in [1.54, 1.807) is 0 Å². The number of hydrogen-bond donors (Lipinski definition) is 1. The molecule has 1 aromatic heterocycles. The molecule has 108 valence electrons. The largest absolute Gasteiger partial charge is 0.478 e. The fourth-order valence-electron chi connectivity index (χ4n) is 1.47. The molecule has 0 radical (unpaired) electrons. The summed E-state index contributed by atoms with van der Waals surface area (Å²) in [5.41, 5.74) is -1.17. The van der Waals surface area contributed by atoms with Crippen molar-refractivity contribution in [2.45, 2.75) is 9.92 Å². The number of benzene rings is 1. The summed E-state index contributed by atoms with van der Waals surface area (Å²) >= 11 is 6.53. The molecule has 0 amide bonds. The molecule has 0 aliphatic carbocycles. The number of aromatic carboxylic acids is 1. The summed E-state index contributed by atoms with van der Waals surface area (Å²) < 4.78 is 13.5. The van der Waals surface area contributed by atoms with Crippen LogP contribution in [0.25, 0.3) is 0 Å². The predicted octanol–water partition coefficient (Wildman–Crippen LogP) is 3.63. The molecule has 0 saturated carbocycles. The standard InChI is InChI=1S/C12H6ClFN2O4S/c13-6-1-2-11(15-5-6)21-10-3-7(12(17)18)8(14)4-9(10)16(19)20/h1-5H,(H,17,18). The maximum Gasteiger partial charge on any atom is 0.338 e. The first-order valence-corrected chi connectivity index (χ1v) is 6.58. The van der Waals surface area contributed by atoms with Crippen LogP contribution >= 0.6 is 23.4 Å². The van der Waals surface area contributed by atoms with Gasteiger partial charge in [-0.05, 0) is 18.2 Å². The second-order valence-electron chi connectivity index (χ2n) is 3.78. The summed E-state index contributed by atoms with van der Waals surface area (Å²) in [4.78, 5) is 25.0. The molecule has 21 heavy (non-hydrogen) atoms. The number of rotatable bonds is 4. The lowest BCUT2D eigenvalue weighted by Gasteiger charge is -2.05. The highest BCUT2D eigenvalue weighted by atomic mass is 35.5. The number of hydrogen-bond acceptors (Lipinski definition) is 5. The third-order valence-electron chi connectivity index (χ3n) is 2.39. The number of nitro groups is 1. The van der Waals surface area contributed by atoms with Gasteiger partial charge in [0.1, 0.15) is 10.8 Å². The van der Waals surface area contributed by atoms with Crippen LogP contribution in [0.15, 0.2) is 40.4 Å². The molecule has 0 aliphatic rings. The van der Waals surface area contributed by atoms with Crippen LogP contribution in [0.4, 0.5) is 10.1 Å². The van der Waals surface area contributed by atoms with Crippen LogP contribution in [0.5, 0.6) is 0 Å². The second kappa shape index (κ2) is 6.06. The molecule has 0 aliphatic heterocycles. The highest BCUT2D eigenvalue weighted by Crippen LogP contribution is 2.35. The van der Waals surface area contributed by atoms with Crippen LogP contribution in [-0.2, 0) is 0 Å². The van der Waals surface area contributed by atoms with Gasteiger partial charge in [-0.15, -0.1) is 0 Å². The molecule has 1 heterocycles. The maximum absolute atomic E-state index is 13.5. The number of nitrogens with zero attached hydrogens (tertiary/aromatic N) is 2. The van der Waals surface area contributed by atoms with Gasteiger partial charge in [0, 0.05) is 6.20 Å². The molecule has 0 atom stereocenters. The van der Waals surface area contributed by atoms with Gasteiger partial charge < -0.3 is 5.11 Å². The number of nitro benzene ring substituents is 1. The Hall–Kier alpha value is -2.19. The van der Waals surface area contributed by atoms with Crippen molar-refractivity contribution in [3.8, 4) is 0 Å². The molecular weight excluding hydrogens is 323 g/mol. The minimum absolute atomic E-state index is 0.0198. The van der Waals surface area contributed by atoms with Crippen molar-refractivity contribution in [1.29, 1.82) is 0 Å². The summed E-state index contributed by atoms with van der Waals surface area (Å²) in [6.45, 7) is 0. The highest BCUT2D eigenvalue weighted by molar-refractivity contribution is 7.99. The van der Waals surface area contributed by atoms with Gasteiger partial charge in [-0.25, -0.2) is 14.2 Å². The van der Waals surface area contributed by atoms with E-state index in [1.807, 2.05) is 0 Å². The summed E-state index contributed by atoms with van der Waals surface area (Å²) in [6, 6.07) is 4.54. The molecule has 0 unspecified atom stereocenters. The van der Waals surface area contributed by atoms with Crippen molar-refractivity contribution in [2.75, 3.05) is 0 Å². The van der Waals surface area contributed by atoms with Crippen molar-refractivity contribution < 1.29 is 19.2 Å². The van der Waals surface area contributed by atoms with Crippen LogP contribution in [-0.4, -0.2) is 21.0 Å². The van der Waals surface area contributed by atoms with E-state index in [-0.39, 0.29) is 4.90 Å². The number of carboxylic acids is 1. The molecule has 6 nitrogen and oxygen atoms in total. The van der Waals surface area contributed by atoms with Gasteiger partial charge >= 0.3 is 5.97 Å². The van der Waals surface area contributed by atoms with E-state index in [9.17, 15) is 19.3 Å². The van der Waals surface area contributed by atoms with Gasteiger partial charge in [0.25, 0.3) is 5.69 Å². The Morgan fingerprint density at radius 2 is 2.14 bits per heavy atom. The lowest BCUT2D eigenvalue weighted by atomic mass is 10.2. The van der Waals surface area contributed by atoms with Crippen LogP contribution in [0.2, 0.25) is 5.02 Å². The average molecular weight is 329 g/mol. The SMILES string of the molecule is O=C(O)c1cc(Sc2ccc(Cl)cn2)c([N+](=O)[O-])cc1F. The van der Waals surface area contributed by atoms with Crippen LogP contribution in [0.3, 0.4) is 0 Å². The number of carbonyl (C=O) groups is 1. The van der Waals surface area contributed by atoms with Crippen molar-refractivity contribution in [3.63, 3.8) is 0 Å². The van der Waals surface area contributed by atoms with Crippen molar-refractivity contribution in [3.05, 3.63) is 57.0 Å². The molecule has 2 rings (SSSR count). The Balaban J connectivity index is 2.49. The number of carboxylic acid groups (broad SMARTS) is 1. The third kappa shape index (κ3) is 3.47. The minimum atomic E-state index is -1.51. The molecule has 1 aromatic carbocycles. The van der Waals surface area contributed by atoms with E-state index >= 15 is 0 Å². The van der Waals surface area contributed by atoms with Gasteiger partial charge in [-0.1, -0.05) is 23.4 Å². The second-order valence-corrected chi connectivity index (χ2v) is 5.28. The van der Waals surface area contributed by atoms with E-state index in [4.69, 9.17) is 16.7 Å². The Kier molecular flexibility index (Phi) is 4.39. The summed E-state index contributed by atoms with van der Waals surface area (Å²) in [5, 5.41) is 20.6. The fraction of sp³-hybridized carbons (Fsp3) is 0. The Bertz CT molecular complexity index is 724. The van der Waals surface area contributed by atoms with E-state index < -0.39 is 28.0 Å². The van der Waals surface area contributed by atoms with Crippen LogP contribution in [0.1, 0.15) is 10.4 Å². The predicted molar refractivity (Wildman–Crippen MR) is 73.4 cm³/mol. The van der Waals surface area contributed by atoms with Gasteiger partial charge in [0.05, 0.1) is 26.5 Å². The normalized spacial score (nSPS) is 10.4. The van der Waals surface area contributed by atoms with E-state index in [2.05, 4.69) is 4.98 Å². The molecule has 2 aromatic rings. The lowest BCUT2D eigenvalue weighted by molar-refractivity contribution is -0.387. The quantitative estimate of drug-likeness (QED) is 0.680. The van der Waals surface area contributed by atoms with Gasteiger partial charge in [0.15, 0.2) is 0 Å². The highest BCUT2D eigenvalue weighted by Gasteiger charge is 2.22. The van der Waals surface area contributed by atoms with E-state index in [0.717, 1.165) is 17.8 Å². The molecule has 0 bridgehead atoms. The number of halogens is 2. The third-order valence-corrected chi connectivity index (χ3v) is 3.61. The lowest BCUT2D eigenvalue weighted by Crippen LogP contribution is -2.03. The zero-order chi connectivity index (χ0) is 15.6. The van der Waals surface area contributed by atoms with E-state index in [0.29, 0.717) is 16.1 Å². The van der Waals surface area contributed by atoms with Crippen molar-refractivity contribution in [2.24, 2.45) is 0 Å². The minimum Gasteiger partial charge on any atom is -0.478 e. The first-order valence-electron chi connectivity index (χ1n) is 5.39. The average Bonchev–Trinajstić information content (AvgIpc) is 2.42. The number of aromatic nitrogens is 1. The molecule has 0 saturated heterocycles. The van der Waals surface area contributed by atoms with Gasteiger partial charge in [-0.2, -0.15) is 0 Å².